The van der Waals surface area contributed by atoms with Crippen LogP contribution in [0.2, 0.25) is 0 Å². The quantitative estimate of drug-likeness (QED) is 0.851. The summed E-state index contributed by atoms with van der Waals surface area (Å²) in [6.45, 7) is 5.77. The highest BCUT2D eigenvalue weighted by atomic mass is 35.5. The van der Waals surface area contributed by atoms with Crippen molar-refractivity contribution in [2.24, 2.45) is 11.1 Å². The average molecular weight is 255 g/mol. The average Bonchev–Trinajstić information content (AvgIpc) is 2.25. The number of nitriles is 1. The predicted molar refractivity (Wildman–Crippen MR) is 70.8 cm³/mol. The van der Waals surface area contributed by atoms with Gasteiger partial charge in [-0.2, -0.15) is 5.26 Å². The van der Waals surface area contributed by atoms with E-state index in [1.54, 1.807) is 18.2 Å². The molecule has 3 nitrogen and oxygen atoms in total. The molecule has 94 valence electrons. The normalized spacial score (nSPS) is 14.4. The zero-order chi connectivity index (χ0) is 12.3. The second-order valence-electron chi connectivity index (χ2n) is 5.04. The van der Waals surface area contributed by atoms with E-state index in [0.717, 1.165) is 0 Å². The first-order valence-electron chi connectivity index (χ1n) is 5.30. The fourth-order valence-corrected chi connectivity index (χ4v) is 1.60. The smallest absolute Gasteiger partial charge is 0.0995 e. The van der Waals surface area contributed by atoms with Crippen LogP contribution in [0.15, 0.2) is 24.3 Å². The molecule has 0 radical (unpaired) electrons. The molecule has 0 aliphatic carbocycles. The van der Waals surface area contributed by atoms with Gasteiger partial charge in [0.2, 0.25) is 0 Å². The second kappa shape index (κ2) is 6.02. The molecule has 1 aromatic carbocycles. The predicted octanol–water partition coefficient (Wildman–Crippen LogP) is 2.39. The molecule has 17 heavy (non-hydrogen) atoms. The van der Waals surface area contributed by atoms with Gasteiger partial charge in [0, 0.05) is 0 Å². The number of rotatable bonds is 2. The van der Waals surface area contributed by atoms with E-state index in [-0.39, 0.29) is 17.8 Å². The van der Waals surface area contributed by atoms with E-state index in [1.165, 1.54) is 0 Å². The van der Waals surface area contributed by atoms with Crippen LogP contribution in [-0.4, -0.2) is 11.2 Å². The van der Waals surface area contributed by atoms with Crippen LogP contribution in [0, 0.1) is 16.7 Å². The summed E-state index contributed by atoms with van der Waals surface area (Å²) >= 11 is 0. The second-order valence-corrected chi connectivity index (χ2v) is 5.04. The van der Waals surface area contributed by atoms with Gasteiger partial charge in [0.25, 0.3) is 0 Å². The summed E-state index contributed by atoms with van der Waals surface area (Å²) in [5, 5.41) is 19.1. The van der Waals surface area contributed by atoms with Crippen molar-refractivity contribution in [1.29, 1.82) is 5.26 Å². The third-order valence-electron chi connectivity index (χ3n) is 2.67. The lowest BCUT2D eigenvalue weighted by molar-refractivity contribution is 0.0400. The Hall–Kier alpha value is -1.08. The number of hydrogen-bond donors (Lipinski definition) is 2. The van der Waals surface area contributed by atoms with Gasteiger partial charge in [0.1, 0.15) is 0 Å². The molecule has 1 aromatic rings. The molecule has 0 aromatic heterocycles. The number of hydrogen-bond acceptors (Lipinski definition) is 3. The van der Waals surface area contributed by atoms with Crippen molar-refractivity contribution < 1.29 is 5.11 Å². The van der Waals surface area contributed by atoms with Gasteiger partial charge in [0.15, 0.2) is 0 Å². The molecule has 3 N–H and O–H groups in total. The Morgan fingerprint density at radius 3 is 2.29 bits per heavy atom. The number of benzene rings is 1. The highest BCUT2D eigenvalue weighted by Crippen LogP contribution is 2.29. The Morgan fingerprint density at radius 2 is 1.82 bits per heavy atom. The lowest BCUT2D eigenvalue weighted by Crippen LogP contribution is -2.37. The van der Waals surface area contributed by atoms with E-state index < -0.39 is 12.1 Å². The van der Waals surface area contributed by atoms with Crippen LogP contribution < -0.4 is 5.73 Å². The Kier molecular flexibility index (Phi) is 5.63. The van der Waals surface area contributed by atoms with Crippen LogP contribution in [0.25, 0.3) is 0 Å². The molecule has 0 bridgehead atoms. The van der Waals surface area contributed by atoms with E-state index in [9.17, 15) is 5.11 Å². The minimum absolute atomic E-state index is 0. The van der Waals surface area contributed by atoms with E-state index in [2.05, 4.69) is 6.07 Å². The highest BCUT2D eigenvalue weighted by Gasteiger charge is 2.30. The number of nitrogens with two attached hydrogens (primary N) is 1. The first kappa shape index (κ1) is 15.9. The maximum absolute atomic E-state index is 10.1. The van der Waals surface area contributed by atoms with Gasteiger partial charge in [-0.05, 0) is 17.0 Å². The van der Waals surface area contributed by atoms with Crippen molar-refractivity contribution in [3.05, 3.63) is 35.4 Å². The first-order chi connectivity index (χ1) is 7.38. The summed E-state index contributed by atoms with van der Waals surface area (Å²) in [6.07, 6.45) is -0.679. The molecule has 2 atom stereocenters. The van der Waals surface area contributed by atoms with Crippen LogP contribution in [0.3, 0.4) is 0 Å². The fourth-order valence-electron chi connectivity index (χ4n) is 1.60. The standard InChI is InChI=1S/C13H18N2O.ClH/c1-13(2,3)12(16)11(15)10-7-5-4-6-9(10)8-14;/h4-7,11-12,16H,15H2,1-3H3;1H/t11-,12-;/m1./s1. The molecule has 0 unspecified atom stereocenters. The van der Waals surface area contributed by atoms with Crippen LogP contribution in [-0.2, 0) is 0 Å². The van der Waals surface area contributed by atoms with Crippen molar-refractivity contribution in [1.82, 2.24) is 0 Å². The number of halogens is 1. The lowest BCUT2D eigenvalue weighted by atomic mass is 9.81. The zero-order valence-corrected chi connectivity index (χ0v) is 11.2. The van der Waals surface area contributed by atoms with E-state index in [4.69, 9.17) is 11.0 Å². The minimum Gasteiger partial charge on any atom is -0.391 e. The monoisotopic (exact) mass is 254 g/mol. The van der Waals surface area contributed by atoms with Crippen LogP contribution >= 0.6 is 12.4 Å². The van der Waals surface area contributed by atoms with Crippen molar-refractivity contribution in [2.75, 3.05) is 0 Å². The summed E-state index contributed by atoms with van der Waals surface area (Å²) in [6, 6.07) is 8.68. The molecule has 1 rings (SSSR count). The van der Waals surface area contributed by atoms with Crippen molar-refractivity contribution in [3.63, 3.8) is 0 Å². The number of nitrogens with zero attached hydrogens (tertiary/aromatic N) is 1. The lowest BCUT2D eigenvalue weighted by Gasteiger charge is -2.31. The largest absolute Gasteiger partial charge is 0.391 e. The van der Waals surface area contributed by atoms with Gasteiger partial charge in [-0.25, -0.2) is 0 Å². The molecule has 0 aliphatic rings. The highest BCUT2D eigenvalue weighted by molar-refractivity contribution is 5.85. The molecule has 0 fully saturated rings. The fraction of sp³-hybridized carbons (Fsp3) is 0.462. The molecule has 0 saturated heterocycles. The van der Waals surface area contributed by atoms with Gasteiger partial charge in [-0.1, -0.05) is 39.0 Å². The molecule has 0 aliphatic heterocycles. The molecule has 0 amide bonds. The zero-order valence-electron chi connectivity index (χ0n) is 10.3. The summed E-state index contributed by atoms with van der Waals surface area (Å²) in [7, 11) is 0. The summed E-state index contributed by atoms with van der Waals surface area (Å²) in [5.41, 5.74) is 6.92. The first-order valence-corrected chi connectivity index (χ1v) is 5.30. The third kappa shape index (κ3) is 3.71. The van der Waals surface area contributed by atoms with Crippen molar-refractivity contribution in [3.8, 4) is 6.07 Å². The maximum atomic E-state index is 10.1. The van der Waals surface area contributed by atoms with Crippen LogP contribution in [0.1, 0.15) is 37.9 Å². The molecular weight excluding hydrogens is 236 g/mol. The van der Waals surface area contributed by atoms with Gasteiger partial charge in [-0.3, -0.25) is 0 Å². The summed E-state index contributed by atoms with van der Waals surface area (Å²) in [4.78, 5) is 0. The molecular formula is C13H19ClN2O. The Balaban J connectivity index is 0.00000256. The summed E-state index contributed by atoms with van der Waals surface area (Å²) < 4.78 is 0. The Bertz CT molecular complexity index is 407. The maximum Gasteiger partial charge on any atom is 0.0995 e. The Morgan fingerprint density at radius 1 is 1.29 bits per heavy atom. The number of aliphatic hydroxyl groups is 1. The van der Waals surface area contributed by atoms with Gasteiger partial charge in [0.05, 0.1) is 23.8 Å². The van der Waals surface area contributed by atoms with E-state index in [0.29, 0.717) is 11.1 Å². The minimum atomic E-state index is -0.679. The van der Waals surface area contributed by atoms with Crippen molar-refractivity contribution >= 4 is 12.4 Å². The molecule has 0 spiro atoms. The number of aliphatic hydroxyl groups excluding tert-OH is 1. The van der Waals surface area contributed by atoms with Crippen LogP contribution in [0.5, 0.6) is 0 Å². The summed E-state index contributed by atoms with van der Waals surface area (Å²) in [5.74, 6) is 0. The van der Waals surface area contributed by atoms with Crippen molar-refractivity contribution in [2.45, 2.75) is 32.9 Å². The molecule has 0 heterocycles. The van der Waals surface area contributed by atoms with Gasteiger partial charge < -0.3 is 10.8 Å². The molecule has 4 heteroatoms. The molecule has 0 saturated carbocycles. The topological polar surface area (TPSA) is 70.0 Å². The Labute approximate surface area is 109 Å². The third-order valence-corrected chi connectivity index (χ3v) is 2.67. The van der Waals surface area contributed by atoms with E-state index >= 15 is 0 Å². The SMILES string of the molecule is CC(C)(C)[C@H](O)[C@H](N)c1ccccc1C#N.Cl. The van der Waals surface area contributed by atoms with Gasteiger partial charge >= 0.3 is 0 Å². The van der Waals surface area contributed by atoms with E-state index in [1.807, 2.05) is 26.8 Å². The van der Waals surface area contributed by atoms with Gasteiger partial charge in [-0.15, -0.1) is 12.4 Å². The van der Waals surface area contributed by atoms with Crippen LogP contribution in [0.4, 0.5) is 0 Å².